The molecule has 1 N–H and O–H groups in total. The third-order valence-electron chi connectivity index (χ3n) is 3.02. The van der Waals surface area contributed by atoms with E-state index in [1.807, 2.05) is 0 Å². The number of amides is 4. The monoisotopic (exact) mass is 342 g/mol. The van der Waals surface area contributed by atoms with Gasteiger partial charge in [0.05, 0.1) is 5.69 Å². The van der Waals surface area contributed by atoms with Crippen LogP contribution in [0.2, 0.25) is 0 Å². The molecule has 0 spiro atoms. The van der Waals surface area contributed by atoms with Gasteiger partial charge in [-0.25, -0.2) is 14.1 Å². The van der Waals surface area contributed by atoms with Crippen molar-refractivity contribution in [2.24, 2.45) is 11.8 Å². The molecule has 1 aliphatic heterocycles. The van der Waals surface area contributed by atoms with E-state index in [1.54, 1.807) is 13.8 Å². The third-order valence-corrected chi connectivity index (χ3v) is 3.51. The second-order valence-electron chi connectivity index (χ2n) is 4.79. The van der Waals surface area contributed by atoms with Crippen LogP contribution in [0.5, 0.6) is 0 Å². The summed E-state index contributed by atoms with van der Waals surface area (Å²) in [5.41, 5.74) is -0.172. The molecule has 1 aliphatic rings. The van der Waals surface area contributed by atoms with Gasteiger partial charge in [-0.15, -0.1) is 0 Å². The van der Waals surface area contributed by atoms with Crippen LogP contribution < -0.4 is 10.2 Å². The second-order valence-corrected chi connectivity index (χ2v) is 5.70. The van der Waals surface area contributed by atoms with Crippen LogP contribution in [0.1, 0.15) is 13.8 Å². The molecule has 1 aromatic rings. The number of hydrogen-bond acceptors (Lipinski definition) is 3. The van der Waals surface area contributed by atoms with E-state index >= 15 is 0 Å². The maximum atomic E-state index is 13.9. The van der Waals surface area contributed by atoms with Crippen molar-refractivity contribution < 1.29 is 18.8 Å². The lowest BCUT2D eigenvalue weighted by molar-refractivity contribution is -0.136. The summed E-state index contributed by atoms with van der Waals surface area (Å²) in [7, 11) is 0. The zero-order chi connectivity index (χ0) is 15.0. The maximum absolute atomic E-state index is 13.9. The molecule has 2 rings (SSSR count). The van der Waals surface area contributed by atoms with Crippen LogP contribution in [-0.4, -0.2) is 17.8 Å². The minimum Gasteiger partial charge on any atom is -0.277 e. The largest absolute Gasteiger partial charge is 0.335 e. The van der Waals surface area contributed by atoms with Crippen molar-refractivity contribution in [3.63, 3.8) is 0 Å². The van der Waals surface area contributed by atoms with Crippen LogP contribution in [0.15, 0.2) is 22.7 Å². The highest BCUT2D eigenvalue weighted by Gasteiger charge is 2.43. The number of carbonyl (C=O) groups excluding carboxylic acids is 3. The molecule has 106 valence electrons. The highest BCUT2D eigenvalue weighted by atomic mass is 79.9. The number of hydrogen-bond donors (Lipinski definition) is 1. The number of imide groups is 2. The lowest BCUT2D eigenvalue weighted by Crippen LogP contribution is -2.59. The summed E-state index contributed by atoms with van der Waals surface area (Å²) in [6.45, 7) is 3.38. The average molecular weight is 343 g/mol. The molecule has 0 aromatic heterocycles. The van der Waals surface area contributed by atoms with Gasteiger partial charge in [-0.1, -0.05) is 29.8 Å². The number of nitrogens with one attached hydrogen (secondary N) is 1. The Hall–Kier alpha value is -1.76. The molecule has 1 heterocycles. The first-order valence-electron chi connectivity index (χ1n) is 5.96. The van der Waals surface area contributed by atoms with Crippen molar-refractivity contribution in [2.75, 3.05) is 4.90 Å². The third kappa shape index (κ3) is 2.45. The fourth-order valence-electron chi connectivity index (χ4n) is 2.07. The van der Waals surface area contributed by atoms with Crippen LogP contribution in [0.25, 0.3) is 0 Å². The maximum Gasteiger partial charge on any atom is 0.335 e. The minimum absolute atomic E-state index is 0.172. The Bertz CT molecular complexity index is 603. The fraction of sp³-hybridized carbons (Fsp3) is 0.308. The van der Waals surface area contributed by atoms with Gasteiger partial charge in [0.1, 0.15) is 11.7 Å². The molecule has 7 heteroatoms. The smallest absolute Gasteiger partial charge is 0.277 e. The fourth-order valence-corrected chi connectivity index (χ4v) is 2.40. The molecule has 20 heavy (non-hydrogen) atoms. The number of urea groups is 1. The zero-order valence-corrected chi connectivity index (χ0v) is 12.4. The van der Waals surface area contributed by atoms with E-state index in [0.717, 1.165) is 6.07 Å². The van der Waals surface area contributed by atoms with E-state index in [1.165, 1.54) is 12.1 Å². The molecule has 0 saturated carbocycles. The van der Waals surface area contributed by atoms with Gasteiger partial charge >= 0.3 is 6.03 Å². The summed E-state index contributed by atoms with van der Waals surface area (Å²) >= 11 is 3.10. The number of barbiturate groups is 1. The lowest BCUT2D eigenvalue weighted by Gasteiger charge is -2.31. The summed E-state index contributed by atoms with van der Waals surface area (Å²) in [5, 5.41) is 2.08. The number of nitrogens with zero attached hydrogens (tertiary/aromatic N) is 1. The summed E-state index contributed by atoms with van der Waals surface area (Å²) in [4.78, 5) is 36.5. The van der Waals surface area contributed by atoms with Gasteiger partial charge in [0.2, 0.25) is 11.8 Å². The molecule has 1 fully saturated rings. The molecule has 1 unspecified atom stereocenters. The lowest BCUT2D eigenvalue weighted by atomic mass is 9.92. The second kappa shape index (κ2) is 5.32. The molecule has 0 radical (unpaired) electrons. The molecule has 1 aromatic carbocycles. The van der Waals surface area contributed by atoms with Crippen molar-refractivity contribution in [1.82, 2.24) is 5.32 Å². The topological polar surface area (TPSA) is 66.5 Å². The molecule has 4 amide bonds. The Kier molecular flexibility index (Phi) is 3.89. The highest BCUT2D eigenvalue weighted by Crippen LogP contribution is 2.28. The SMILES string of the molecule is CC(C)C1C(=O)NC(=O)N(c2ccc(Br)cc2F)C1=O. The Morgan fingerprint density at radius 1 is 1.30 bits per heavy atom. The molecular weight excluding hydrogens is 331 g/mol. The van der Waals surface area contributed by atoms with E-state index in [2.05, 4.69) is 21.2 Å². The van der Waals surface area contributed by atoms with Crippen LogP contribution in [0.3, 0.4) is 0 Å². The van der Waals surface area contributed by atoms with Crippen LogP contribution >= 0.6 is 15.9 Å². The van der Waals surface area contributed by atoms with Gasteiger partial charge in [0, 0.05) is 4.47 Å². The Morgan fingerprint density at radius 3 is 2.50 bits per heavy atom. The van der Waals surface area contributed by atoms with E-state index < -0.39 is 29.6 Å². The molecule has 0 aliphatic carbocycles. The zero-order valence-electron chi connectivity index (χ0n) is 10.8. The Morgan fingerprint density at radius 2 is 1.95 bits per heavy atom. The van der Waals surface area contributed by atoms with Crippen molar-refractivity contribution in [3.8, 4) is 0 Å². The number of anilines is 1. The highest BCUT2D eigenvalue weighted by molar-refractivity contribution is 9.10. The van der Waals surface area contributed by atoms with Crippen molar-refractivity contribution in [3.05, 3.63) is 28.5 Å². The minimum atomic E-state index is -1.00. The predicted octanol–water partition coefficient (Wildman–Crippen LogP) is 2.44. The van der Waals surface area contributed by atoms with Crippen molar-refractivity contribution in [1.29, 1.82) is 0 Å². The summed E-state index contributed by atoms with van der Waals surface area (Å²) in [6.07, 6.45) is 0. The van der Waals surface area contributed by atoms with Crippen molar-refractivity contribution >= 4 is 39.5 Å². The summed E-state index contributed by atoms with van der Waals surface area (Å²) in [5.74, 6) is -3.38. The van der Waals surface area contributed by atoms with E-state index in [-0.39, 0.29) is 11.6 Å². The predicted molar refractivity (Wildman–Crippen MR) is 73.5 cm³/mol. The van der Waals surface area contributed by atoms with Gasteiger partial charge in [-0.2, -0.15) is 0 Å². The quantitative estimate of drug-likeness (QED) is 0.839. The number of benzene rings is 1. The first kappa shape index (κ1) is 14.6. The van der Waals surface area contributed by atoms with Gasteiger partial charge in [-0.05, 0) is 24.1 Å². The standard InChI is InChI=1S/C13H12BrFN2O3/c1-6(2)10-11(18)16-13(20)17(12(10)19)9-4-3-7(14)5-8(9)15/h3-6,10H,1-2H3,(H,16,18,20). The van der Waals surface area contributed by atoms with Crippen molar-refractivity contribution in [2.45, 2.75) is 13.8 Å². The average Bonchev–Trinajstić information content (AvgIpc) is 2.30. The van der Waals surface area contributed by atoms with Gasteiger partial charge in [0.15, 0.2) is 0 Å². The van der Waals surface area contributed by atoms with E-state index in [9.17, 15) is 18.8 Å². The Labute approximate surface area is 123 Å². The first-order valence-corrected chi connectivity index (χ1v) is 6.76. The van der Waals surface area contributed by atoms with Gasteiger partial charge in [0.25, 0.3) is 0 Å². The number of rotatable bonds is 2. The van der Waals surface area contributed by atoms with Crippen LogP contribution in [0, 0.1) is 17.7 Å². The number of carbonyl (C=O) groups is 3. The van der Waals surface area contributed by atoms with Gasteiger partial charge < -0.3 is 0 Å². The van der Waals surface area contributed by atoms with E-state index in [4.69, 9.17) is 0 Å². The molecule has 1 saturated heterocycles. The van der Waals surface area contributed by atoms with Crippen LogP contribution in [0.4, 0.5) is 14.9 Å². The summed E-state index contributed by atoms with van der Waals surface area (Å²) in [6, 6.07) is 3.04. The molecule has 0 bridgehead atoms. The molecule has 1 atom stereocenters. The van der Waals surface area contributed by atoms with Crippen LogP contribution in [-0.2, 0) is 9.59 Å². The Balaban J connectivity index is 2.46. The van der Waals surface area contributed by atoms with E-state index in [0.29, 0.717) is 9.37 Å². The normalized spacial score (nSPS) is 19.6. The number of halogens is 2. The van der Waals surface area contributed by atoms with Gasteiger partial charge in [-0.3, -0.25) is 14.9 Å². The molecular formula is C13H12BrFN2O3. The first-order chi connectivity index (χ1) is 9.32. The molecule has 5 nitrogen and oxygen atoms in total. The summed E-state index contributed by atoms with van der Waals surface area (Å²) < 4.78 is 14.4.